The lowest BCUT2D eigenvalue weighted by molar-refractivity contribution is -0.385. The van der Waals surface area contributed by atoms with E-state index in [4.69, 9.17) is 11.6 Å². The molecule has 1 aromatic carbocycles. The Morgan fingerprint density at radius 2 is 2.00 bits per heavy atom. The second-order valence-corrected chi connectivity index (χ2v) is 6.20. The number of nitro groups is 1. The topological polar surface area (TPSA) is 102 Å². The monoisotopic (exact) mass is 327 g/mol. The number of sulfonamides is 1. The van der Waals surface area contributed by atoms with Crippen LogP contribution in [-0.4, -0.2) is 18.3 Å². The van der Waals surface area contributed by atoms with Gasteiger partial charge in [0.2, 0.25) is 0 Å². The van der Waals surface area contributed by atoms with Gasteiger partial charge in [0.15, 0.2) is 0 Å². The molecule has 0 atom stereocenters. The molecule has 0 aliphatic heterocycles. The smallest absolute Gasteiger partial charge is 0.263 e. The van der Waals surface area contributed by atoms with Crippen molar-refractivity contribution in [3.8, 4) is 0 Å². The molecule has 7 nitrogen and oxygen atoms in total. The largest absolute Gasteiger partial charge is 0.269 e. The molecular weight excluding hydrogens is 318 g/mol. The first-order chi connectivity index (χ1) is 9.79. The molecule has 0 fully saturated rings. The predicted octanol–water partition coefficient (Wildman–Crippen LogP) is 2.75. The Labute approximate surface area is 125 Å². The maximum atomic E-state index is 12.3. The summed E-state index contributed by atoms with van der Waals surface area (Å²) >= 11 is 5.69. The number of pyridine rings is 1. The molecule has 1 N–H and O–H groups in total. The van der Waals surface area contributed by atoms with Crippen molar-refractivity contribution >= 4 is 33.1 Å². The van der Waals surface area contributed by atoms with Gasteiger partial charge in [0, 0.05) is 12.1 Å². The van der Waals surface area contributed by atoms with E-state index in [1.165, 1.54) is 31.2 Å². The molecule has 21 heavy (non-hydrogen) atoms. The molecule has 2 aromatic rings. The second kappa shape index (κ2) is 5.66. The van der Waals surface area contributed by atoms with Crippen LogP contribution < -0.4 is 4.72 Å². The summed E-state index contributed by atoms with van der Waals surface area (Å²) in [6.07, 6.45) is 0. The highest BCUT2D eigenvalue weighted by Crippen LogP contribution is 2.23. The normalized spacial score (nSPS) is 11.1. The van der Waals surface area contributed by atoms with Gasteiger partial charge in [0.25, 0.3) is 15.7 Å². The summed E-state index contributed by atoms with van der Waals surface area (Å²) < 4.78 is 26.8. The molecule has 0 amide bonds. The molecule has 1 heterocycles. The molecule has 0 aliphatic carbocycles. The van der Waals surface area contributed by atoms with Crippen LogP contribution in [0.4, 0.5) is 11.5 Å². The standard InChI is InChI=1S/C12H10ClN3O4S/c1-8-7-9(16(17)18)5-6-10(8)21(19,20)15-12-4-2-3-11(13)14-12/h2-7H,1H3,(H,14,15). The molecule has 0 spiro atoms. The van der Waals surface area contributed by atoms with Crippen LogP contribution in [0.2, 0.25) is 5.15 Å². The van der Waals surface area contributed by atoms with Crippen molar-refractivity contribution < 1.29 is 13.3 Å². The Morgan fingerprint density at radius 1 is 1.29 bits per heavy atom. The number of non-ortho nitro benzene ring substituents is 1. The molecule has 0 radical (unpaired) electrons. The predicted molar refractivity (Wildman–Crippen MR) is 77.9 cm³/mol. The highest BCUT2D eigenvalue weighted by molar-refractivity contribution is 7.92. The average Bonchev–Trinajstić information content (AvgIpc) is 2.37. The van der Waals surface area contributed by atoms with Crippen molar-refractivity contribution in [2.24, 2.45) is 0 Å². The van der Waals surface area contributed by atoms with Crippen LogP contribution in [0, 0.1) is 17.0 Å². The van der Waals surface area contributed by atoms with E-state index in [9.17, 15) is 18.5 Å². The fourth-order valence-corrected chi connectivity index (χ4v) is 3.10. The highest BCUT2D eigenvalue weighted by atomic mass is 35.5. The first kappa shape index (κ1) is 15.2. The van der Waals surface area contributed by atoms with Crippen molar-refractivity contribution in [2.45, 2.75) is 11.8 Å². The van der Waals surface area contributed by atoms with Gasteiger partial charge >= 0.3 is 0 Å². The number of benzene rings is 1. The number of rotatable bonds is 4. The molecule has 1 aromatic heterocycles. The minimum atomic E-state index is -3.90. The average molecular weight is 328 g/mol. The van der Waals surface area contributed by atoms with Crippen molar-refractivity contribution in [1.82, 2.24) is 4.98 Å². The van der Waals surface area contributed by atoms with Crippen LogP contribution in [0.5, 0.6) is 0 Å². The second-order valence-electron chi connectivity index (χ2n) is 4.16. The Bertz CT molecular complexity index is 808. The molecule has 0 bridgehead atoms. The maximum absolute atomic E-state index is 12.3. The minimum Gasteiger partial charge on any atom is -0.263 e. The minimum absolute atomic E-state index is 0.0603. The first-order valence-corrected chi connectivity index (χ1v) is 7.56. The summed E-state index contributed by atoms with van der Waals surface area (Å²) in [5.74, 6) is 0.0697. The maximum Gasteiger partial charge on any atom is 0.269 e. The molecule has 9 heteroatoms. The van der Waals surface area contributed by atoms with Crippen molar-refractivity contribution in [1.29, 1.82) is 0 Å². The summed E-state index contributed by atoms with van der Waals surface area (Å²) in [6, 6.07) is 8.02. The number of nitro benzene ring substituents is 1. The summed E-state index contributed by atoms with van der Waals surface area (Å²) in [5.41, 5.74) is 0.0889. The molecule has 0 saturated carbocycles. The van der Waals surface area contributed by atoms with Crippen molar-refractivity contribution in [3.63, 3.8) is 0 Å². The molecule has 0 aliphatic rings. The first-order valence-electron chi connectivity index (χ1n) is 5.70. The number of anilines is 1. The van der Waals surface area contributed by atoms with Gasteiger partial charge < -0.3 is 0 Å². The van der Waals surface area contributed by atoms with Gasteiger partial charge in [-0.25, -0.2) is 13.4 Å². The van der Waals surface area contributed by atoms with E-state index in [1.54, 1.807) is 6.07 Å². The van der Waals surface area contributed by atoms with Gasteiger partial charge in [-0.3, -0.25) is 14.8 Å². The fraction of sp³-hybridized carbons (Fsp3) is 0.0833. The number of nitrogens with one attached hydrogen (secondary N) is 1. The molecule has 0 saturated heterocycles. The zero-order valence-corrected chi connectivity index (χ0v) is 12.4. The van der Waals surface area contributed by atoms with E-state index in [1.807, 2.05) is 0 Å². The lowest BCUT2D eigenvalue weighted by Gasteiger charge is -2.09. The number of halogens is 1. The number of aromatic nitrogens is 1. The van der Waals surface area contributed by atoms with Crippen LogP contribution in [0.25, 0.3) is 0 Å². The van der Waals surface area contributed by atoms with E-state index < -0.39 is 14.9 Å². The Morgan fingerprint density at radius 3 is 2.57 bits per heavy atom. The number of aryl methyl sites for hydroxylation is 1. The lowest BCUT2D eigenvalue weighted by atomic mass is 10.2. The summed E-state index contributed by atoms with van der Waals surface area (Å²) in [6.45, 7) is 1.48. The van der Waals surface area contributed by atoms with Crippen LogP contribution in [0.1, 0.15) is 5.56 Å². The van der Waals surface area contributed by atoms with Gasteiger partial charge in [-0.2, -0.15) is 0 Å². The van der Waals surface area contributed by atoms with Crippen LogP contribution >= 0.6 is 11.6 Å². The quantitative estimate of drug-likeness (QED) is 0.528. The molecule has 0 unspecified atom stereocenters. The summed E-state index contributed by atoms with van der Waals surface area (Å²) in [7, 11) is -3.90. The molecule has 2 rings (SSSR count). The van der Waals surface area contributed by atoms with E-state index in [-0.39, 0.29) is 27.1 Å². The zero-order chi connectivity index (χ0) is 15.6. The summed E-state index contributed by atoms with van der Waals surface area (Å²) in [5, 5.41) is 10.8. The number of nitrogens with zero attached hydrogens (tertiary/aromatic N) is 2. The van der Waals surface area contributed by atoms with Gasteiger partial charge in [0.1, 0.15) is 11.0 Å². The van der Waals surface area contributed by atoms with Gasteiger partial charge in [-0.15, -0.1) is 0 Å². The van der Waals surface area contributed by atoms with Crippen molar-refractivity contribution in [3.05, 3.63) is 57.2 Å². The molecular formula is C12H10ClN3O4S. The fourth-order valence-electron chi connectivity index (χ4n) is 1.71. The highest BCUT2D eigenvalue weighted by Gasteiger charge is 2.20. The number of hydrogen-bond acceptors (Lipinski definition) is 5. The molecule has 110 valence electrons. The SMILES string of the molecule is Cc1cc([N+](=O)[O-])ccc1S(=O)(=O)Nc1cccc(Cl)n1. The van der Waals surface area contributed by atoms with E-state index in [0.29, 0.717) is 0 Å². The number of hydrogen-bond donors (Lipinski definition) is 1. The lowest BCUT2D eigenvalue weighted by Crippen LogP contribution is -2.15. The van der Waals surface area contributed by atoms with E-state index in [2.05, 4.69) is 9.71 Å². The van der Waals surface area contributed by atoms with E-state index in [0.717, 1.165) is 6.07 Å². The van der Waals surface area contributed by atoms with Gasteiger partial charge in [0.05, 0.1) is 9.82 Å². The van der Waals surface area contributed by atoms with Crippen LogP contribution in [0.15, 0.2) is 41.3 Å². The van der Waals surface area contributed by atoms with Crippen molar-refractivity contribution in [2.75, 3.05) is 4.72 Å². The Hall–Kier alpha value is -2.19. The van der Waals surface area contributed by atoms with Gasteiger partial charge in [-0.1, -0.05) is 17.7 Å². The Kier molecular flexibility index (Phi) is 4.10. The zero-order valence-electron chi connectivity index (χ0n) is 10.8. The Balaban J connectivity index is 2.38. The van der Waals surface area contributed by atoms with Gasteiger partial charge in [-0.05, 0) is 30.7 Å². The van der Waals surface area contributed by atoms with E-state index >= 15 is 0 Å². The summed E-state index contributed by atoms with van der Waals surface area (Å²) in [4.78, 5) is 13.8. The third-order valence-electron chi connectivity index (χ3n) is 2.61. The third kappa shape index (κ3) is 3.47. The van der Waals surface area contributed by atoms with Crippen LogP contribution in [-0.2, 0) is 10.0 Å². The third-order valence-corrected chi connectivity index (χ3v) is 4.34. The van der Waals surface area contributed by atoms with Crippen LogP contribution in [0.3, 0.4) is 0 Å².